The maximum atomic E-state index is 5.27. The maximum Gasteiger partial charge on any atom is 0.209 e. The maximum absolute atomic E-state index is 5.27. The van der Waals surface area contributed by atoms with Gasteiger partial charge < -0.3 is 4.90 Å². The largest absolute Gasteiger partial charge is 0.371 e. The Hall–Kier alpha value is -2.46. The summed E-state index contributed by atoms with van der Waals surface area (Å²) in [5.74, 6) is 0. The highest BCUT2D eigenvalue weighted by atomic mass is 32.1. The molecule has 4 aliphatic rings. The molecule has 0 spiro atoms. The first-order chi connectivity index (χ1) is 14.2. The lowest BCUT2D eigenvalue weighted by Gasteiger charge is -2.37. The van der Waals surface area contributed by atoms with E-state index in [0.717, 1.165) is 12.2 Å². The zero-order chi connectivity index (χ0) is 19.5. The van der Waals surface area contributed by atoms with Gasteiger partial charge in [0.25, 0.3) is 0 Å². The van der Waals surface area contributed by atoms with Crippen molar-refractivity contribution in [3.05, 3.63) is 52.9 Å². The SMILES string of the molecule is CC[N+](C)=c1cc2sc3c4c5c(cc3nc-2c2ccccc12)CCCN5CCC4. The monoisotopic (exact) mass is 400 g/mol. The fourth-order valence-corrected chi connectivity index (χ4v) is 6.41. The van der Waals surface area contributed by atoms with E-state index in [9.17, 15) is 0 Å². The molecule has 3 heterocycles. The van der Waals surface area contributed by atoms with Gasteiger partial charge in [-0.2, -0.15) is 0 Å². The summed E-state index contributed by atoms with van der Waals surface area (Å²) in [5.41, 5.74) is 6.97. The molecule has 146 valence electrons. The molecule has 0 amide bonds. The number of fused-ring (bicyclic) bond motifs is 5. The fraction of sp³-hybridized carbons (Fsp3) is 0.360. The van der Waals surface area contributed by atoms with Crippen molar-refractivity contribution in [1.82, 2.24) is 9.56 Å². The topological polar surface area (TPSA) is 19.1 Å². The Morgan fingerprint density at radius 3 is 2.69 bits per heavy atom. The summed E-state index contributed by atoms with van der Waals surface area (Å²) < 4.78 is 3.75. The molecule has 0 atom stereocenters. The number of hydrogen-bond acceptors (Lipinski definition) is 3. The Morgan fingerprint density at radius 1 is 1.07 bits per heavy atom. The summed E-state index contributed by atoms with van der Waals surface area (Å²) in [6.45, 7) is 5.64. The van der Waals surface area contributed by atoms with Gasteiger partial charge in [-0.1, -0.05) is 18.2 Å². The van der Waals surface area contributed by atoms with E-state index in [0.29, 0.717) is 0 Å². The highest BCUT2D eigenvalue weighted by molar-refractivity contribution is 7.21. The third-order valence-electron chi connectivity index (χ3n) is 6.74. The summed E-state index contributed by atoms with van der Waals surface area (Å²) in [7, 11) is 2.19. The molecular formula is C25H26N3S+. The highest BCUT2D eigenvalue weighted by Gasteiger charge is 2.27. The van der Waals surface area contributed by atoms with E-state index >= 15 is 0 Å². The van der Waals surface area contributed by atoms with Gasteiger partial charge in [-0.15, -0.1) is 11.3 Å². The first-order valence-corrected chi connectivity index (χ1v) is 11.7. The van der Waals surface area contributed by atoms with Gasteiger partial charge in [0, 0.05) is 30.2 Å². The van der Waals surface area contributed by atoms with Crippen molar-refractivity contribution in [3.8, 4) is 10.6 Å². The van der Waals surface area contributed by atoms with Crippen LogP contribution in [0.25, 0.3) is 31.6 Å². The molecule has 0 N–H and O–H groups in total. The van der Waals surface area contributed by atoms with Crippen molar-refractivity contribution in [3.63, 3.8) is 0 Å². The summed E-state index contributed by atoms with van der Waals surface area (Å²) >= 11 is 1.95. The van der Waals surface area contributed by atoms with Crippen LogP contribution < -0.4 is 14.8 Å². The lowest BCUT2D eigenvalue weighted by atomic mass is 9.91. The lowest BCUT2D eigenvalue weighted by molar-refractivity contribution is 0.637. The minimum atomic E-state index is 0.995. The smallest absolute Gasteiger partial charge is 0.209 e. The van der Waals surface area contributed by atoms with Gasteiger partial charge in [0.1, 0.15) is 13.6 Å². The molecule has 2 aromatic rings. The molecule has 0 aromatic heterocycles. The molecule has 0 fully saturated rings. The average Bonchev–Trinajstić information content (AvgIpc) is 2.77. The van der Waals surface area contributed by atoms with E-state index < -0.39 is 0 Å². The summed E-state index contributed by atoms with van der Waals surface area (Å²) in [4.78, 5) is 9.20. The first-order valence-electron chi connectivity index (χ1n) is 10.8. The van der Waals surface area contributed by atoms with Gasteiger partial charge in [-0.05, 0) is 55.9 Å². The molecule has 4 heteroatoms. The second kappa shape index (κ2) is 6.53. The predicted molar refractivity (Wildman–Crippen MR) is 124 cm³/mol. The number of nitrogens with zero attached hydrogens (tertiary/aromatic N) is 3. The Balaban J connectivity index is 1.77. The third-order valence-corrected chi connectivity index (χ3v) is 7.93. The molecule has 0 bridgehead atoms. The van der Waals surface area contributed by atoms with Crippen molar-refractivity contribution < 1.29 is 0 Å². The van der Waals surface area contributed by atoms with E-state index in [2.05, 4.69) is 59.8 Å². The van der Waals surface area contributed by atoms with Gasteiger partial charge >= 0.3 is 0 Å². The molecule has 0 saturated heterocycles. The fourth-order valence-electron chi connectivity index (χ4n) is 5.24. The standard InChI is InChI=1S/C25H26N3S/c1-3-27(2)21-15-22-23(18-10-5-4-9-17(18)21)26-20-14-16-8-6-12-28-13-7-11-19(24(16)28)25(20)29-22/h4-5,9-10,14-15H,3,6-8,11-13H2,1-2H3/q+1. The number of aryl methyl sites for hydroxylation is 2. The van der Waals surface area contributed by atoms with Crippen molar-refractivity contribution in [2.75, 3.05) is 31.6 Å². The Morgan fingerprint density at radius 2 is 1.86 bits per heavy atom. The number of aromatic nitrogens is 1. The molecule has 0 radical (unpaired) electrons. The van der Waals surface area contributed by atoms with Gasteiger partial charge in [-0.25, -0.2) is 9.56 Å². The van der Waals surface area contributed by atoms with E-state index in [1.54, 1.807) is 11.3 Å². The van der Waals surface area contributed by atoms with Crippen LogP contribution in [0.15, 0.2) is 36.4 Å². The molecule has 3 nitrogen and oxygen atoms in total. The van der Waals surface area contributed by atoms with Crippen molar-refractivity contribution in [2.24, 2.45) is 0 Å². The minimum absolute atomic E-state index is 0.995. The second-order valence-corrected chi connectivity index (χ2v) is 9.47. The Kier molecular flexibility index (Phi) is 3.92. The van der Waals surface area contributed by atoms with E-state index in [1.807, 2.05) is 11.3 Å². The highest BCUT2D eigenvalue weighted by Crippen LogP contribution is 2.43. The van der Waals surface area contributed by atoms with Crippen molar-refractivity contribution >= 4 is 38.0 Å². The molecule has 1 aliphatic carbocycles. The summed E-state index contributed by atoms with van der Waals surface area (Å²) in [6.07, 6.45) is 4.91. The van der Waals surface area contributed by atoms with Gasteiger partial charge in [0.05, 0.1) is 26.2 Å². The Labute approximate surface area is 175 Å². The van der Waals surface area contributed by atoms with Crippen LogP contribution in [-0.4, -0.2) is 31.7 Å². The van der Waals surface area contributed by atoms with Crippen LogP contribution >= 0.6 is 11.3 Å². The van der Waals surface area contributed by atoms with Gasteiger partial charge in [-0.3, -0.25) is 0 Å². The lowest BCUT2D eigenvalue weighted by Crippen LogP contribution is -2.34. The second-order valence-electron chi connectivity index (χ2n) is 8.42. The van der Waals surface area contributed by atoms with Crippen LogP contribution in [0.3, 0.4) is 0 Å². The third kappa shape index (κ3) is 2.55. The summed E-state index contributed by atoms with van der Waals surface area (Å²) in [6, 6.07) is 13.5. The number of hydrogen-bond donors (Lipinski definition) is 0. The predicted octanol–water partition coefficient (Wildman–Crippen LogP) is 4.68. The number of anilines is 1. The zero-order valence-electron chi connectivity index (χ0n) is 17.2. The first kappa shape index (κ1) is 17.4. The average molecular weight is 401 g/mol. The van der Waals surface area contributed by atoms with Crippen molar-refractivity contribution in [1.29, 1.82) is 0 Å². The number of rotatable bonds is 1. The van der Waals surface area contributed by atoms with Crippen LogP contribution in [0.5, 0.6) is 0 Å². The quantitative estimate of drug-likeness (QED) is 0.263. The normalized spacial score (nSPS) is 17.1. The molecule has 0 unspecified atom stereocenters. The zero-order valence-corrected chi connectivity index (χ0v) is 18.0. The van der Waals surface area contributed by atoms with Crippen LogP contribution in [0, 0.1) is 0 Å². The molecular weight excluding hydrogens is 374 g/mol. The van der Waals surface area contributed by atoms with Gasteiger partial charge in [0.15, 0.2) is 0 Å². The minimum Gasteiger partial charge on any atom is -0.371 e. The summed E-state index contributed by atoms with van der Waals surface area (Å²) in [5, 5.41) is 3.88. The molecule has 6 rings (SSSR count). The van der Waals surface area contributed by atoms with E-state index in [-0.39, 0.29) is 0 Å². The van der Waals surface area contributed by atoms with Crippen LogP contribution in [-0.2, 0) is 12.8 Å². The number of benzene rings is 3. The molecule has 29 heavy (non-hydrogen) atoms. The van der Waals surface area contributed by atoms with E-state index in [4.69, 9.17) is 4.98 Å². The molecule has 3 aliphatic heterocycles. The molecule has 0 saturated carbocycles. The Bertz CT molecular complexity index is 1320. The van der Waals surface area contributed by atoms with Crippen LogP contribution in [0.1, 0.15) is 30.9 Å². The van der Waals surface area contributed by atoms with Crippen molar-refractivity contribution in [2.45, 2.75) is 32.6 Å². The van der Waals surface area contributed by atoms with Crippen LogP contribution in [0.4, 0.5) is 5.69 Å². The van der Waals surface area contributed by atoms with E-state index in [1.165, 1.54) is 75.6 Å². The van der Waals surface area contributed by atoms with Gasteiger partial charge in [0.2, 0.25) is 5.36 Å². The molecule has 2 aromatic carbocycles. The van der Waals surface area contributed by atoms with Crippen LogP contribution in [0.2, 0.25) is 0 Å².